The van der Waals surface area contributed by atoms with Crippen molar-refractivity contribution in [3.05, 3.63) is 23.3 Å². The van der Waals surface area contributed by atoms with Crippen LogP contribution in [-0.2, 0) is 0 Å². The quantitative estimate of drug-likeness (QED) is 0.501. The minimum Gasteiger partial charge on any atom is -0.241 e. The molecule has 1 atom stereocenters. The summed E-state index contributed by atoms with van der Waals surface area (Å²) in [5.74, 6) is 0. The van der Waals surface area contributed by atoms with E-state index in [9.17, 15) is 4.39 Å². The number of nitriles is 1. The van der Waals surface area contributed by atoms with E-state index in [2.05, 4.69) is 0 Å². The average molecular weight is 137 g/mol. The lowest BCUT2D eigenvalue weighted by molar-refractivity contribution is 0.383. The monoisotopic (exact) mass is 137 g/mol. The van der Waals surface area contributed by atoms with Crippen LogP contribution in [0.15, 0.2) is 23.3 Å². The first-order valence-electron chi connectivity index (χ1n) is 3.15. The van der Waals surface area contributed by atoms with Crippen molar-refractivity contribution >= 4 is 0 Å². The fourth-order valence-electron chi connectivity index (χ4n) is 0.904. The molecule has 0 aromatic heterocycles. The van der Waals surface area contributed by atoms with Crippen molar-refractivity contribution in [1.29, 1.82) is 5.26 Å². The van der Waals surface area contributed by atoms with Crippen molar-refractivity contribution in [3.8, 4) is 6.07 Å². The molecule has 0 radical (unpaired) electrons. The van der Waals surface area contributed by atoms with Crippen LogP contribution in [0, 0.1) is 11.3 Å². The van der Waals surface area contributed by atoms with Gasteiger partial charge in [0.15, 0.2) is 0 Å². The van der Waals surface area contributed by atoms with E-state index in [1.54, 1.807) is 12.2 Å². The van der Waals surface area contributed by atoms with Crippen LogP contribution in [0.4, 0.5) is 4.39 Å². The molecule has 1 unspecified atom stereocenters. The van der Waals surface area contributed by atoms with E-state index in [-0.39, 0.29) is 5.57 Å². The Morgan fingerprint density at radius 3 is 2.90 bits per heavy atom. The number of halogens is 1. The summed E-state index contributed by atoms with van der Waals surface area (Å²) in [6.45, 7) is 1.86. The third kappa shape index (κ3) is 1.24. The maximum absolute atomic E-state index is 12.8. The van der Waals surface area contributed by atoms with Gasteiger partial charge in [-0.1, -0.05) is 11.6 Å². The zero-order chi connectivity index (χ0) is 7.56. The van der Waals surface area contributed by atoms with Crippen LogP contribution >= 0.6 is 0 Å². The second-order valence-electron chi connectivity index (χ2n) is 2.42. The maximum Gasteiger partial charge on any atom is 0.139 e. The Bertz CT molecular complexity index is 232. The first-order valence-corrected chi connectivity index (χ1v) is 3.15. The molecule has 0 bridgehead atoms. The molecule has 0 saturated heterocycles. The summed E-state index contributed by atoms with van der Waals surface area (Å²) in [5.41, 5.74) is 1.23. The molecule has 0 amide bonds. The van der Waals surface area contributed by atoms with Gasteiger partial charge in [-0.05, 0) is 13.0 Å². The Hall–Kier alpha value is -1.10. The van der Waals surface area contributed by atoms with E-state index >= 15 is 0 Å². The number of hydrogen-bond donors (Lipinski definition) is 0. The van der Waals surface area contributed by atoms with Crippen molar-refractivity contribution in [2.75, 3.05) is 0 Å². The van der Waals surface area contributed by atoms with Crippen LogP contribution < -0.4 is 0 Å². The highest BCUT2D eigenvalue weighted by Crippen LogP contribution is 2.20. The molecular formula is C8H8FN. The molecule has 1 aliphatic rings. The summed E-state index contributed by atoms with van der Waals surface area (Å²) in [6, 6.07) is 1.82. The van der Waals surface area contributed by atoms with E-state index < -0.39 is 6.17 Å². The van der Waals surface area contributed by atoms with E-state index in [0.717, 1.165) is 5.57 Å². The lowest BCUT2D eigenvalue weighted by Gasteiger charge is -2.10. The lowest BCUT2D eigenvalue weighted by atomic mass is 9.99. The average Bonchev–Trinajstić information content (AvgIpc) is 1.88. The number of hydrogen-bond acceptors (Lipinski definition) is 1. The highest BCUT2D eigenvalue weighted by molar-refractivity contribution is 5.35. The summed E-state index contributed by atoms with van der Waals surface area (Å²) < 4.78 is 12.8. The Morgan fingerprint density at radius 2 is 2.40 bits per heavy atom. The number of alkyl halides is 1. The summed E-state index contributed by atoms with van der Waals surface area (Å²) in [4.78, 5) is 0. The molecule has 0 aromatic rings. The van der Waals surface area contributed by atoms with Crippen LogP contribution in [0.2, 0.25) is 0 Å². The lowest BCUT2D eigenvalue weighted by Crippen LogP contribution is -2.06. The van der Waals surface area contributed by atoms with Gasteiger partial charge in [0.2, 0.25) is 0 Å². The standard InChI is InChI=1S/C8H8FN/c1-6-2-3-7(5-10)8(9)4-6/h2-3,8H,4H2,1H3. The van der Waals surface area contributed by atoms with Gasteiger partial charge in [-0.25, -0.2) is 4.39 Å². The highest BCUT2D eigenvalue weighted by Gasteiger charge is 2.15. The number of rotatable bonds is 0. The molecule has 0 heterocycles. The molecule has 0 N–H and O–H groups in total. The zero-order valence-corrected chi connectivity index (χ0v) is 5.76. The molecule has 10 heavy (non-hydrogen) atoms. The van der Waals surface area contributed by atoms with Crippen LogP contribution in [0.25, 0.3) is 0 Å². The van der Waals surface area contributed by atoms with Crippen molar-refractivity contribution in [2.45, 2.75) is 19.5 Å². The van der Waals surface area contributed by atoms with Gasteiger partial charge in [0.25, 0.3) is 0 Å². The molecule has 1 nitrogen and oxygen atoms in total. The molecular weight excluding hydrogens is 129 g/mol. The fraction of sp³-hybridized carbons (Fsp3) is 0.375. The highest BCUT2D eigenvalue weighted by atomic mass is 19.1. The molecule has 52 valence electrons. The number of allylic oxidation sites excluding steroid dienone is 4. The Labute approximate surface area is 59.5 Å². The van der Waals surface area contributed by atoms with Crippen LogP contribution in [0.3, 0.4) is 0 Å². The Kier molecular flexibility index (Phi) is 1.86. The van der Waals surface area contributed by atoms with Crippen LogP contribution in [0.1, 0.15) is 13.3 Å². The predicted octanol–water partition coefficient (Wildman–Crippen LogP) is 2.12. The third-order valence-corrected chi connectivity index (χ3v) is 1.52. The second-order valence-corrected chi connectivity index (χ2v) is 2.42. The molecule has 2 heteroatoms. The Morgan fingerprint density at radius 1 is 1.70 bits per heavy atom. The SMILES string of the molecule is CC1=CC=C(C#N)C(F)C1. The minimum atomic E-state index is -1.07. The smallest absolute Gasteiger partial charge is 0.139 e. The van der Waals surface area contributed by atoms with Crippen molar-refractivity contribution < 1.29 is 4.39 Å². The van der Waals surface area contributed by atoms with Crippen molar-refractivity contribution in [2.24, 2.45) is 0 Å². The van der Waals surface area contributed by atoms with E-state index in [1.165, 1.54) is 0 Å². The maximum atomic E-state index is 12.8. The van der Waals surface area contributed by atoms with Crippen LogP contribution in [0.5, 0.6) is 0 Å². The number of nitrogens with zero attached hydrogens (tertiary/aromatic N) is 1. The van der Waals surface area contributed by atoms with Gasteiger partial charge in [-0.2, -0.15) is 5.26 Å². The van der Waals surface area contributed by atoms with Crippen LogP contribution in [-0.4, -0.2) is 6.17 Å². The molecule has 1 aliphatic carbocycles. The summed E-state index contributed by atoms with van der Waals surface area (Å²) in [7, 11) is 0. The predicted molar refractivity (Wildman–Crippen MR) is 37.0 cm³/mol. The molecule has 0 saturated carbocycles. The normalized spacial score (nSPS) is 24.7. The largest absolute Gasteiger partial charge is 0.241 e. The molecule has 0 spiro atoms. The molecule has 1 rings (SSSR count). The van der Waals surface area contributed by atoms with Gasteiger partial charge in [0.05, 0.1) is 11.6 Å². The third-order valence-electron chi connectivity index (χ3n) is 1.52. The van der Waals surface area contributed by atoms with Gasteiger partial charge >= 0.3 is 0 Å². The van der Waals surface area contributed by atoms with Gasteiger partial charge in [-0.15, -0.1) is 0 Å². The summed E-state index contributed by atoms with van der Waals surface area (Å²) in [5, 5.41) is 8.36. The Balaban J connectivity index is 2.84. The first-order chi connectivity index (χ1) is 4.74. The fourth-order valence-corrected chi connectivity index (χ4v) is 0.904. The summed E-state index contributed by atoms with van der Waals surface area (Å²) in [6.07, 6.45) is 2.63. The minimum absolute atomic E-state index is 0.241. The van der Waals surface area contributed by atoms with E-state index in [1.807, 2.05) is 13.0 Å². The van der Waals surface area contributed by atoms with Gasteiger partial charge < -0.3 is 0 Å². The molecule has 0 fully saturated rings. The zero-order valence-electron chi connectivity index (χ0n) is 5.76. The van der Waals surface area contributed by atoms with E-state index in [0.29, 0.717) is 6.42 Å². The molecule has 0 aliphatic heterocycles. The van der Waals surface area contributed by atoms with Gasteiger partial charge in [-0.3, -0.25) is 0 Å². The van der Waals surface area contributed by atoms with Crippen molar-refractivity contribution in [3.63, 3.8) is 0 Å². The topological polar surface area (TPSA) is 23.8 Å². The van der Waals surface area contributed by atoms with E-state index in [4.69, 9.17) is 5.26 Å². The second kappa shape index (κ2) is 2.66. The van der Waals surface area contributed by atoms with Crippen molar-refractivity contribution in [1.82, 2.24) is 0 Å². The van der Waals surface area contributed by atoms with Gasteiger partial charge in [0, 0.05) is 6.42 Å². The first kappa shape index (κ1) is 7.01. The van der Waals surface area contributed by atoms with Gasteiger partial charge in [0.1, 0.15) is 6.17 Å². The summed E-state index contributed by atoms with van der Waals surface area (Å²) >= 11 is 0. The molecule has 0 aromatic carbocycles.